The summed E-state index contributed by atoms with van der Waals surface area (Å²) < 4.78 is 8.38. The molecule has 0 aliphatic carbocycles. The number of carbonyl (C=O) groups is 1. The maximum absolute atomic E-state index is 8.56. The van der Waals surface area contributed by atoms with E-state index < -0.39 is 6.16 Å². The second-order valence-electron chi connectivity index (χ2n) is 0.283. The molecule has 0 saturated heterocycles. The normalized spacial score (nSPS) is 4.29. The van der Waals surface area contributed by atoms with Gasteiger partial charge in [0.15, 0.2) is 0 Å². The quantitative estimate of drug-likeness (QED) is 0.544. The molecule has 0 aromatic heterocycles. The molecule has 0 spiro atoms. The van der Waals surface area contributed by atoms with Crippen molar-refractivity contribution < 1.29 is 36.8 Å². The molecule has 0 fully saturated rings. The average molecular weight is 261 g/mol. The second kappa shape index (κ2) is 16.0. The molecule has 0 aliphatic rings. The van der Waals surface area contributed by atoms with Gasteiger partial charge in [-0.3, -0.25) is 0 Å². The van der Waals surface area contributed by atoms with E-state index in [-0.39, 0.29) is 44.1 Å². The van der Waals surface area contributed by atoms with Crippen LogP contribution in [0.25, 0.3) is 0 Å². The zero-order valence-corrected chi connectivity index (χ0v) is 5.89. The molecule has 0 amide bonds. The molecule has 7 heavy (non-hydrogen) atoms. The van der Waals surface area contributed by atoms with Crippen molar-refractivity contribution >= 4 is 32.0 Å². The molecule has 6 heteroatoms. The molecule has 38 valence electrons. The molecule has 0 atom stereocenters. The first-order chi connectivity index (χ1) is 2.73. The fourth-order valence-corrected chi connectivity index (χ4v) is 0. The summed E-state index contributed by atoms with van der Waals surface area (Å²) in [5.74, 6) is 0. The van der Waals surface area contributed by atoms with Crippen LogP contribution in [0, 0.1) is 0 Å². The van der Waals surface area contributed by atoms with E-state index in [1.165, 1.54) is 0 Å². The van der Waals surface area contributed by atoms with Gasteiger partial charge in [-0.1, -0.05) is 0 Å². The first-order valence-electron chi connectivity index (χ1n) is 0.940. The molecule has 0 aromatic rings. The van der Waals surface area contributed by atoms with Crippen LogP contribution in [0.2, 0.25) is 0 Å². The molecule has 0 heterocycles. The predicted molar refractivity (Wildman–Crippen MR) is 21.3 cm³/mol. The third-order valence-electron chi connectivity index (χ3n) is 0. The minimum absolute atomic E-state index is 0. The van der Waals surface area contributed by atoms with E-state index in [4.69, 9.17) is 18.6 Å². The van der Waals surface area contributed by atoms with E-state index in [9.17, 15) is 0 Å². The van der Waals surface area contributed by atoms with Crippen LogP contribution in [0.1, 0.15) is 0 Å². The molecule has 4 nitrogen and oxygen atoms in total. The third kappa shape index (κ3) is 430. The number of hydrogen-bond acceptors (Lipinski definition) is 2. The molecule has 0 aliphatic heterocycles. The van der Waals surface area contributed by atoms with Gasteiger partial charge in [0.2, 0.25) is 0 Å². The summed E-state index contributed by atoms with van der Waals surface area (Å²) in [7, 11) is 0. The van der Waals surface area contributed by atoms with Crippen molar-refractivity contribution in [1.82, 2.24) is 0 Å². The third-order valence-corrected chi connectivity index (χ3v) is 0. The van der Waals surface area contributed by atoms with Crippen molar-refractivity contribution in [2.45, 2.75) is 0 Å². The van der Waals surface area contributed by atoms with Gasteiger partial charge in [0.25, 0.3) is 0 Å². The van der Waals surface area contributed by atoms with Gasteiger partial charge in [-0.15, -0.1) is 0 Å². The van der Waals surface area contributed by atoms with Gasteiger partial charge in [0, 0.05) is 0 Å². The molecule has 0 saturated carbocycles. The van der Waals surface area contributed by atoms with Gasteiger partial charge in [0.05, 0.1) is 0 Å². The Morgan fingerprint density at radius 2 is 1.29 bits per heavy atom. The summed E-state index contributed by atoms with van der Waals surface area (Å²) in [5, 5.41) is 13.9. The van der Waals surface area contributed by atoms with E-state index in [1.54, 1.807) is 0 Å². The van der Waals surface area contributed by atoms with Gasteiger partial charge in [-0.25, -0.2) is 4.79 Å². The molecule has 0 bridgehead atoms. The van der Waals surface area contributed by atoms with Gasteiger partial charge in [-0.2, -0.15) is 0 Å². The number of rotatable bonds is 0. The van der Waals surface area contributed by atoms with Crippen molar-refractivity contribution in [2.24, 2.45) is 0 Å². The second-order valence-corrected chi connectivity index (χ2v) is 0.283. The zero-order valence-electron chi connectivity index (χ0n) is 2.92. The Morgan fingerprint density at radius 3 is 1.29 bits per heavy atom. The average Bonchev–Trinajstić information content (AvgIpc) is 1.41. The number of carboxylic acid groups (broad SMARTS) is 2. The van der Waals surface area contributed by atoms with Crippen LogP contribution in [0.5, 0.6) is 0 Å². The van der Waals surface area contributed by atoms with Crippen molar-refractivity contribution in [3.05, 3.63) is 0 Å². The molecular formula is CH5InO4Zn. The Labute approximate surface area is 68.6 Å². The molecule has 0 aromatic carbocycles. The fraction of sp³-hybridized carbons (Fsp3) is 0. The first kappa shape index (κ1) is 15.6. The Morgan fingerprint density at radius 1 is 1.29 bits per heavy atom. The first-order valence-corrected chi connectivity index (χ1v) is 2.15. The van der Waals surface area contributed by atoms with Gasteiger partial charge in [-0.05, 0) is 0 Å². The standard InChI is InChI=1S/CH2O3.In.O.Zn.3H/c2-1(3)4;;;;;;/h(H2,2,3,4);;;;;;. The summed E-state index contributed by atoms with van der Waals surface area (Å²) in [6, 6.07) is 0. The Bertz CT molecular complexity index is 43.0. The van der Waals surface area contributed by atoms with Gasteiger partial charge < -0.3 is 10.2 Å². The summed E-state index contributed by atoms with van der Waals surface area (Å²) in [4.78, 5) is 8.56. The van der Waals surface area contributed by atoms with E-state index in [0.29, 0.717) is 0 Å². The Balaban J connectivity index is -0.0000000480. The monoisotopic (exact) mass is 260 g/mol. The molecule has 0 rings (SSSR count). The van der Waals surface area contributed by atoms with Crippen molar-refractivity contribution in [3.8, 4) is 0 Å². The minimum atomic E-state index is -1.83. The molecular weight excluding hydrogens is 256 g/mol. The van der Waals surface area contributed by atoms with E-state index in [1.807, 2.05) is 0 Å². The maximum atomic E-state index is 8.56. The van der Waals surface area contributed by atoms with Gasteiger partial charge >= 0.3 is 53.8 Å². The molecule has 0 unspecified atom stereocenters. The summed E-state index contributed by atoms with van der Waals surface area (Å²) in [6.07, 6.45) is -1.83. The van der Waals surface area contributed by atoms with Crippen LogP contribution in [0.15, 0.2) is 0 Å². The Hall–Kier alpha value is 0.564. The predicted octanol–water partition coefficient (Wildman–Crippen LogP) is -1.08. The van der Waals surface area contributed by atoms with Crippen molar-refractivity contribution in [2.75, 3.05) is 0 Å². The van der Waals surface area contributed by atoms with E-state index >= 15 is 0 Å². The SMILES string of the molecule is O=C(O)O.[InH3].[O]=[Zn]. The van der Waals surface area contributed by atoms with Crippen LogP contribution in [0.3, 0.4) is 0 Å². The van der Waals surface area contributed by atoms with E-state index in [0.717, 1.165) is 0 Å². The fourth-order valence-electron chi connectivity index (χ4n) is 0. The van der Waals surface area contributed by atoms with Crippen LogP contribution < -0.4 is 0 Å². The number of hydrogen-bond donors (Lipinski definition) is 2. The summed E-state index contributed by atoms with van der Waals surface area (Å²) in [6.45, 7) is 0. The van der Waals surface area contributed by atoms with E-state index in [2.05, 4.69) is 0 Å². The summed E-state index contributed by atoms with van der Waals surface area (Å²) in [5.41, 5.74) is 0. The zero-order chi connectivity index (χ0) is 5.58. The molecule has 2 N–H and O–H groups in total. The van der Waals surface area contributed by atoms with Crippen LogP contribution >= 0.6 is 0 Å². The topological polar surface area (TPSA) is 74.6 Å². The van der Waals surface area contributed by atoms with Crippen LogP contribution in [-0.2, 0) is 21.8 Å². The van der Waals surface area contributed by atoms with Crippen molar-refractivity contribution in [3.63, 3.8) is 0 Å². The summed E-state index contributed by atoms with van der Waals surface area (Å²) >= 11 is 0.125. The van der Waals surface area contributed by atoms with Crippen molar-refractivity contribution in [1.29, 1.82) is 0 Å². The van der Waals surface area contributed by atoms with Gasteiger partial charge in [0.1, 0.15) is 0 Å². The van der Waals surface area contributed by atoms with Crippen LogP contribution in [-0.4, -0.2) is 42.2 Å². The van der Waals surface area contributed by atoms with Crippen LogP contribution in [0.4, 0.5) is 4.79 Å². The Kier molecular flexibility index (Phi) is 35.8. The molecule has 0 radical (unpaired) electrons.